The second-order valence-electron chi connectivity index (χ2n) is 5.92. The number of aromatic nitrogens is 2. The number of carbonyl (C=O) groups excluding carboxylic acids is 1. The summed E-state index contributed by atoms with van der Waals surface area (Å²) in [6, 6.07) is 0. The van der Waals surface area contributed by atoms with Crippen LogP contribution in [0.15, 0.2) is 6.33 Å². The standard InChI is InChI=1S/C15H23N5O/c1-11(21)17-8-12-3-6-20(7-4-12)15-13-9-16-5-2-14(13)18-10-19-15/h10,12,16H,2-9H2,1H3,(H,17,21). The summed E-state index contributed by atoms with van der Waals surface area (Å²) in [4.78, 5) is 22.3. The van der Waals surface area contributed by atoms with Crippen LogP contribution in [0.25, 0.3) is 0 Å². The van der Waals surface area contributed by atoms with E-state index in [-0.39, 0.29) is 5.91 Å². The average Bonchev–Trinajstić information content (AvgIpc) is 2.53. The zero-order valence-corrected chi connectivity index (χ0v) is 12.6. The van der Waals surface area contributed by atoms with E-state index in [2.05, 4.69) is 25.5 Å². The highest BCUT2D eigenvalue weighted by atomic mass is 16.1. The Morgan fingerprint density at radius 2 is 2.24 bits per heavy atom. The van der Waals surface area contributed by atoms with Gasteiger partial charge in [0.25, 0.3) is 0 Å². The Bertz CT molecular complexity index is 511. The first kappa shape index (κ1) is 14.3. The second-order valence-corrected chi connectivity index (χ2v) is 5.92. The number of anilines is 1. The number of rotatable bonds is 3. The largest absolute Gasteiger partial charge is 0.356 e. The number of nitrogens with one attached hydrogen (secondary N) is 2. The van der Waals surface area contributed by atoms with Gasteiger partial charge in [0.2, 0.25) is 5.91 Å². The van der Waals surface area contributed by atoms with Gasteiger partial charge in [-0.05, 0) is 18.8 Å². The molecule has 0 aliphatic carbocycles. The molecule has 6 nitrogen and oxygen atoms in total. The van der Waals surface area contributed by atoms with Crippen LogP contribution in [-0.2, 0) is 17.8 Å². The van der Waals surface area contributed by atoms with Gasteiger partial charge in [0.05, 0.1) is 5.69 Å². The number of hydrogen-bond donors (Lipinski definition) is 2. The molecule has 0 aromatic carbocycles. The number of carbonyl (C=O) groups is 1. The summed E-state index contributed by atoms with van der Waals surface area (Å²) in [5.74, 6) is 1.75. The first-order valence-electron chi connectivity index (χ1n) is 7.77. The Morgan fingerprint density at radius 1 is 1.43 bits per heavy atom. The van der Waals surface area contributed by atoms with Gasteiger partial charge < -0.3 is 15.5 Å². The van der Waals surface area contributed by atoms with Gasteiger partial charge in [0.1, 0.15) is 12.1 Å². The van der Waals surface area contributed by atoms with Gasteiger partial charge in [0, 0.05) is 51.6 Å². The van der Waals surface area contributed by atoms with Gasteiger partial charge in [-0.2, -0.15) is 0 Å². The van der Waals surface area contributed by atoms with Gasteiger partial charge in [-0.3, -0.25) is 4.79 Å². The minimum Gasteiger partial charge on any atom is -0.356 e. The molecule has 3 heterocycles. The molecule has 2 aliphatic heterocycles. The number of piperidine rings is 1. The summed E-state index contributed by atoms with van der Waals surface area (Å²) >= 11 is 0. The molecule has 1 saturated heterocycles. The third-order valence-corrected chi connectivity index (χ3v) is 4.41. The molecule has 2 aliphatic rings. The Morgan fingerprint density at radius 3 is 3.00 bits per heavy atom. The quantitative estimate of drug-likeness (QED) is 0.847. The highest BCUT2D eigenvalue weighted by Crippen LogP contribution is 2.26. The van der Waals surface area contributed by atoms with Gasteiger partial charge in [-0.25, -0.2) is 9.97 Å². The summed E-state index contributed by atoms with van der Waals surface area (Å²) in [6.07, 6.45) is 4.89. The van der Waals surface area contributed by atoms with Gasteiger partial charge >= 0.3 is 0 Å². The molecule has 1 aromatic heterocycles. The first-order chi connectivity index (χ1) is 10.2. The van der Waals surface area contributed by atoms with Crippen LogP contribution < -0.4 is 15.5 Å². The minimum atomic E-state index is 0.0633. The van der Waals surface area contributed by atoms with Gasteiger partial charge in [0.15, 0.2) is 0 Å². The van der Waals surface area contributed by atoms with Crippen LogP contribution in [0.1, 0.15) is 31.0 Å². The lowest BCUT2D eigenvalue weighted by Crippen LogP contribution is -2.40. The van der Waals surface area contributed by atoms with Crippen molar-refractivity contribution in [1.82, 2.24) is 20.6 Å². The second kappa shape index (κ2) is 6.39. The van der Waals surface area contributed by atoms with Crippen molar-refractivity contribution < 1.29 is 4.79 Å². The van der Waals surface area contributed by atoms with E-state index in [9.17, 15) is 4.79 Å². The number of amides is 1. The van der Waals surface area contributed by atoms with E-state index in [1.807, 2.05) is 0 Å². The number of nitrogens with zero attached hydrogens (tertiary/aromatic N) is 3. The van der Waals surface area contributed by atoms with Crippen LogP contribution >= 0.6 is 0 Å². The molecular formula is C15H23N5O. The van der Waals surface area contributed by atoms with Crippen LogP contribution in [0.2, 0.25) is 0 Å². The lowest BCUT2D eigenvalue weighted by Gasteiger charge is -2.34. The molecule has 21 heavy (non-hydrogen) atoms. The van der Waals surface area contributed by atoms with E-state index in [1.54, 1.807) is 13.3 Å². The van der Waals surface area contributed by atoms with E-state index >= 15 is 0 Å². The van der Waals surface area contributed by atoms with Crippen LogP contribution in [-0.4, -0.2) is 42.1 Å². The molecule has 0 unspecified atom stereocenters. The summed E-state index contributed by atoms with van der Waals surface area (Å²) < 4.78 is 0. The monoisotopic (exact) mass is 289 g/mol. The van der Waals surface area contributed by atoms with E-state index in [0.29, 0.717) is 5.92 Å². The SMILES string of the molecule is CC(=O)NCC1CCN(c2ncnc3c2CNCC3)CC1. The molecule has 2 N–H and O–H groups in total. The highest BCUT2D eigenvalue weighted by Gasteiger charge is 2.24. The fourth-order valence-electron chi connectivity index (χ4n) is 3.16. The summed E-state index contributed by atoms with van der Waals surface area (Å²) in [5.41, 5.74) is 2.46. The van der Waals surface area contributed by atoms with Crippen LogP contribution in [0.3, 0.4) is 0 Å². The molecule has 0 radical (unpaired) electrons. The van der Waals surface area contributed by atoms with Crippen molar-refractivity contribution >= 4 is 11.7 Å². The predicted molar refractivity (Wildman–Crippen MR) is 81.1 cm³/mol. The van der Waals surface area contributed by atoms with E-state index in [0.717, 1.165) is 57.8 Å². The maximum Gasteiger partial charge on any atom is 0.216 e. The molecule has 3 rings (SSSR count). The maximum atomic E-state index is 11.0. The molecule has 1 fully saturated rings. The normalized spacial score (nSPS) is 19.2. The molecule has 114 valence electrons. The van der Waals surface area contributed by atoms with Crippen LogP contribution in [0.4, 0.5) is 5.82 Å². The van der Waals surface area contributed by atoms with Crippen molar-refractivity contribution in [2.24, 2.45) is 5.92 Å². The number of fused-ring (bicyclic) bond motifs is 1. The van der Waals surface area contributed by atoms with Crippen molar-refractivity contribution in [2.45, 2.75) is 32.7 Å². The minimum absolute atomic E-state index is 0.0633. The Kier molecular flexibility index (Phi) is 4.34. The predicted octanol–water partition coefficient (Wildman–Crippen LogP) is 0.475. The fraction of sp³-hybridized carbons (Fsp3) is 0.667. The number of hydrogen-bond acceptors (Lipinski definition) is 5. The van der Waals surface area contributed by atoms with Crippen LogP contribution in [0, 0.1) is 5.92 Å². The topological polar surface area (TPSA) is 70.2 Å². The van der Waals surface area contributed by atoms with Crippen molar-refractivity contribution in [3.63, 3.8) is 0 Å². The van der Waals surface area contributed by atoms with E-state index < -0.39 is 0 Å². The summed E-state index contributed by atoms with van der Waals surface area (Å²) in [6.45, 7) is 6.27. The van der Waals surface area contributed by atoms with E-state index in [1.165, 1.54) is 11.3 Å². The fourth-order valence-corrected chi connectivity index (χ4v) is 3.16. The van der Waals surface area contributed by atoms with Gasteiger partial charge in [-0.1, -0.05) is 0 Å². The lowest BCUT2D eigenvalue weighted by molar-refractivity contribution is -0.119. The average molecular weight is 289 g/mol. The molecule has 1 aromatic rings. The Hall–Kier alpha value is -1.69. The molecular weight excluding hydrogens is 266 g/mol. The first-order valence-corrected chi connectivity index (χ1v) is 7.77. The van der Waals surface area contributed by atoms with Crippen molar-refractivity contribution in [3.8, 4) is 0 Å². The third-order valence-electron chi connectivity index (χ3n) is 4.41. The van der Waals surface area contributed by atoms with Crippen molar-refractivity contribution in [1.29, 1.82) is 0 Å². The van der Waals surface area contributed by atoms with Gasteiger partial charge in [-0.15, -0.1) is 0 Å². The molecule has 0 saturated carbocycles. The molecule has 6 heteroatoms. The zero-order chi connectivity index (χ0) is 14.7. The molecule has 0 spiro atoms. The summed E-state index contributed by atoms with van der Waals surface area (Å²) in [5, 5.41) is 6.33. The lowest BCUT2D eigenvalue weighted by atomic mass is 9.96. The summed E-state index contributed by atoms with van der Waals surface area (Å²) in [7, 11) is 0. The molecule has 0 bridgehead atoms. The van der Waals surface area contributed by atoms with Crippen molar-refractivity contribution in [2.75, 3.05) is 31.1 Å². The Labute approximate surface area is 125 Å². The molecule has 1 amide bonds. The smallest absolute Gasteiger partial charge is 0.216 e. The van der Waals surface area contributed by atoms with Crippen LogP contribution in [0.5, 0.6) is 0 Å². The molecule has 0 atom stereocenters. The highest BCUT2D eigenvalue weighted by molar-refractivity contribution is 5.72. The van der Waals surface area contributed by atoms with Crippen molar-refractivity contribution in [3.05, 3.63) is 17.6 Å². The third kappa shape index (κ3) is 3.32. The zero-order valence-electron chi connectivity index (χ0n) is 12.6. The van der Waals surface area contributed by atoms with E-state index in [4.69, 9.17) is 0 Å². The maximum absolute atomic E-state index is 11.0. The Balaban J connectivity index is 1.63.